The zero-order valence-corrected chi connectivity index (χ0v) is 13.4. The first-order valence-electron chi connectivity index (χ1n) is 7.22. The van der Waals surface area contributed by atoms with Crippen molar-refractivity contribution in [3.05, 3.63) is 17.8 Å². The number of anilines is 1. The van der Waals surface area contributed by atoms with E-state index < -0.39 is 45.3 Å². The third-order valence-electron chi connectivity index (χ3n) is 3.52. The summed E-state index contributed by atoms with van der Waals surface area (Å²) >= 11 is 0. The van der Waals surface area contributed by atoms with E-state index in [1.165, 1.54) is 4.90 Å². The molecule has 6 nitrogen and oxygen atoms in total. The lowest BCUT2D eigenvalue weighted by molar-refractivity contribution is -0.137. The van der Waals surface area contributed by atoms with Crippen LogP contribution in [0.5, 0.6) is 0 Å². The Morgan fingerprint density at radius 2 is 2.12 bits per heavy atom. The average molecular weight is 371 g/mol. The van der Waals surface area contributed by atoms with Crippen LogP contribution >= 0.6 is 0 Å². The molecule has 1 fully saturated rings. The first-order valence-corrected chi connectivity index (χ1v) is 8.70. The number of sulfonamides is 1. The summed E-state index contributed by atoms with van der Waals surface area (Å²) in [5, 5.41) is 8.63. The van der Waals surface area contributed by atoms with Crippen molar-refractivity contribution in [2.45, 2.75) is 30.1 Å². The minimum atomic E-state index is -4.84. The van der Waals surface area contributed by atoms with Crippen molar-refractivity contribution < 1.29 is 31.1 Å². The maximum atomic E-state index is 13.5. The first-order chi connectivity index (χ1) is 11.1. The molecule has 11 heteroatoms. The van der Waals surface area contributed by atoms with E-state index in [-0.39, 0.29) is 26.1 Å². The van der Waals surface area contributed by atoms with Gasteiger partial charge in [0.05, 0.1) is 18.7 Å². The quantitative estimate of drug-likeness (QED) is 0.763. The molecule has 0 radical (unpaired) electrons. The highest BCUT2D eigenvalue weighted by molar-refractivity contribution is 7.89. The molecule has 0 aromatic carbocycles. The second kappa shape index (κ2) is 7.19. The normalized spacial score (nSPS) is 19.5. The molecule has 0 saturated carbocycles. The first kappa shape index (κ1) is 18.9. The Morgan fingerprint density at radius 1 is 1.42 bits per heavy atom. The average Bonchev–Trinajstić information content (AvgIpc) is 2.51. The van der Waals surface area contributed by atoms with Gasteiger partial charge in [-0.1, -0.05) is 0 Å². The Labute approximate surface area is 136 Å². The molecule has 0 bridgehead atoms. The number of pyridine rings is 1. The summed E-state index contributed by atoms with van der Waals surface area (Å²) in [4.78, 5) is 4.14. The highest BCUT2D eigenvalue weighted by atomic mass is 32.2. The van der Waals surface area contributed by atoms with Crippen LogP contribution in [0.4, 0.5) is 23.4 Å². The van der Waals surface area contributed by atoms with Crippen molar-refractivity contribution in [3.63, 3.8) is 0 Å². The summed E-state index contributed by atoms with van der Waals surface area (Å²) < 4.78 is 79.2. The Hall–Kier alpha value is -1.46. The summed E-state index contributed by atoms with van der Waals surface area (Å²) in [6.45, 7) is -0.833. The highest BCUT2D eigenvalue weighted by Crippen LogP contribution is 2.37. The maximum Gasteiger partial charge on any atom is 0.420 e. The smallest absolute Gasteiger partial charge is 0.395 e. The molecular weight excluding hydrogens is 354 g/mol. The lowest BCUT2D eigenvalue weighted by Gasteiger charge is -2.31. The lowest BCUT2D eigenvalue weighted by atomic mass is 10.1. The van der Waals surface area contributed by atoms with Crippen LogP contribution in [0, 0.1) is 0 Å². The fourth-order valence-electron chi connectivity index (χ4n) is 2.43. The number of nitrogens with zero attached hydrogens (tertiary/aromatic N) is 2. The number of rotatable bonds is 5. The van der Waals surface area contributed by atoms with Crippen molar-refractivity contribution in [2.24, 2.45) is 0 Å². The molecule has 1 aliphatic rings. The molecule has 24 heavy (non-hydrogen) atoms. The molecule has 1 aromatic heterocycles. The van der Waals surface area contributed by atoms with Gasteiger partial charge >= 0.3 is 6.18 Å². The molecular formula is C13H17F4N3O3S. The molecule has 2 heterocycles. The molecule has 2 rings (SSSR count). The molecule has 0 aliphatic carbocycles. The van der Waals surface area contributed by atoms with Crippen LogP contribution in [-0.2, 0) is 16.2 Å². The molecule has 1 unspecified atom stereocenters. The number of hydrogen-bond donors (Lipinski definition) is 2. The third kappa shape index (κ3) is 4.33. The van der Waals surface area contributed by atoms with Crippen LogP contribution in [0.15, 0.2) is 17.2 Å². The van der Waals surface area contributed by atoms with Gasteiger partial charge in [-0.15, -0.1) is 0 Å². The zero-order valence-electron chi connectivity index (χ0n) is 12.6. The number of halogens is 4. The Kier molecular flexibility index (Phi) is 5.66. The summed E-state index contributed by atoms with van der Waals surface area (Å²) in [5.41, 5.74) is -1.23. The number of aromatic nitrogens is 1. The van der Waals surface area contributed by atoms with Crippen molar-refractivity contribution in [1.29, 1.82) is 0 Å². The minimum Gasteiger partial charge on any atom is -0.395 e. The van der Waals surface area contributed by atoms with Crippen molar-refractivity contribution in [2.75, 3.05) is 31.1 Å². The van der Waals surface area contributed by atoms with Gasteiger partial charge in [-0.05, 0) is 18.9 Å². The van der Waals surface area contributed by atoms with Crippen LogP contribution in [0.25, 0.3) is 0 Å². The van der Waals surface area contributed by atoms with E-state index in [4.69, 9.17) is 5.11 Å². The van der Waals surface area contributed by atoms with Gasteiger partial charge in [-0.3, -0.25) is 0 Å². The Balaban J connectivity index is 2.43. The van der Waals surface area contributed by atoms with Gasteiger partial charge in [0.1, 0.15) is 16.9 Å². The van der Waals surface area contributed by atoms with E-state index in [0.717, 1.165) is 6.20 Å². The largest absolute Gasteiger partial charge is 0.420 e. The van der Waals surface area contributed by atoms with Crippen LogP contribution in [0.2, 0.25) is 0 Å². The molecule has 2 N–H and O–H groups in total. The fourth-order valence-corrected chi connectivity index (χ4v) is 3.42. The van der Waals surface area contributed by atoms with E-state index in [0.29, 0.717) is 12.5 Å². The number of alkyl halides is 4. The minimum absolute atomic E-state index is 0.214. The van der Waals surface area contributed by atoms with Gasteiger partial charge in [0, 0.05) is 19.3 Å². The lowest BCUT2D eigenvalue weighted by Crippen LogP contribution is -2.38. The zero-order chi connectivity index (χ0) is 18.0. The predicted octanol–water partition coefficient (Wildman–Crippen LogP) is 1.31. The number of hydrogen-bond acceptors (Lipinski definition) is 5. The van der Waals surface area contributed by atoms with Crippen LogP contribution in [0.1, 0.15) is 18.4 Å². The maximum absolute atomic E-state index is 13.5. The summed E-state index contributed by atoms with van der Waals surface area (Å²) in [5.74, 6) is -0.481. The summed E-state index contributed by atoms with van der Waals surface area (Å²) in [7, 11) is -4.23. The Bertz CT molecular complexity index is 682. The molecule has 1 atom stereocenters. The fraction of sp³-hybridized carbons (Fsp3) is 0.615. The van der Waals surface area contributed by atoms with Gasteiger partial charge in [0.2, 0.25) is 10.0 Å². The Morgan fingerprint density at radius 3 is 2.71 bits per heavy atom. The van der Waals surface area contributed by atoms with Gasteiger partial charge in [0.25, 0.3) is 0 Å². The highest BCUT2D eigenvalue weighted by Gasteiger charge is 2.38. The summed E-state index contributed by atoms with van der Waals surface area (Å²) in [6, 6.07) is 0.476. The predicted molar refractivity (Wildman–Crippen MR) is 77.9 cm³/mol. The van der Waals surface area contributed by atoms with Crippen LogP contribution in [0.3, 0.4) is 0 Å². The van der Waals surface area contributed by atoms with E-state index in [1.807, 2.05) is 4.72 Å². The van der Waals surface area contributed by atoms with E-state index in [9.17, 15) is 26.0 Å². The van der Waals surface area contributed by atoms with E-state index >= 15 is 0 Å². The molecule has 1 aliphatic heterocycles. The van der Waals surface area contributed by atoms with Crippen LogP contribution in [-0.4, -0.2) is 50.9 Å². The number of aliphatic hydroxyl groups excluding tert-OH is 1. The SMILES string of the molecule is O=S(=O)(NCCO)c1cnc(N2CCCC(F)C2)c(C(F)(F)F)c1. The second-order valence-corrected chi connectivity index (χ2v) is 7.11. The number of aliphatic hydroxyl groups is 1. The van der Waals surface area contributed by atoms with Gasteiger partial charge in [0.15, 0.2) is 0 Å². The van der Waals surface area contributed by atoms with Gasteiger partial charge < -0.3 is 10.0 Å². The van der Waals surface area contributed by atoms with Gasteiger partial charge in [-0.25, -0.2) is 22.5 Å². The second-order valence-electron chi connectivity index (χ2n) is 5.35. The molecule has 1 aromatic rings. The van der Waals surface area contributed by atoms with E-state index in [1.54, 1.807) is 0 Å². The number of piperidine rings is 1. The standard InChI is InChI=1S/C13H17F4N3O3S/c14-9-2-1-4-20(8-9)12-11(13(15,16)17)6-10(7-18-12)24(22,23)19-3-5-21/h6-7,9,19,21H,1-5,8H2. The van der Waals surface area contributed by atoms with Crippen molar-refractivity contribution in [1.82, 2.24) is 9.71 Å². The van der Waals surface area contributed by atoms with E-state index in [2.05, 4.69) is 4.98 Å². The molecule has 1 saturated heterocycles. The topological polar surface area (TPSA) is 82.5 Å². The molecule has 0 amide bonds. The molecule has 0 spiro atoms. The van der Waals surface area contributed by atoms with Gasteiger partial charge in [-0.2, -0.15) is 13.2 Å². The third-order valence-corrected chi connectivity index (χ3v) is 4.95. The molecule has 136 valence electrons. The van der Waals surface area contributed by atoms with Crippen LogP contribution < -0.4 is 9.62 Å². The number of nitrogens with one attached hydrogen (secondary N) is 1. The summed E-state index contributed by atoms with van der Waals surface area (Å²) in [6.07, 6.45) is -4.63. The monoisotopic (exact) mass is 371 g/mol. The van der Waals surface area contributed by atoms with Crippen molar-refractivity contribution >= 4 is 15.8 Å². The van der Waals surface area contributed by atoms with Crippen molar-refractivity contribution in [3.8, 4) is 0 Å².